The molecule has 0 bridgehead atoms. The van der Waals surface area contributed by atoms with Crippen molar-refractivity contribution in [3.8, 4) is 0 Å². The van der Waals surface area contributed by atoms with E-state index in [1.165, 1.54) is 0 Å². The molecule has 0 saturated heterocycles. The summed E-state index contributed by atoms with van der Waals surface area (Å²) in [5, 5.41) is 2.57. The van der Waals surface area contributed by atoms with Crippen LogP contribution in [0, 0.1) is 0 Å². The zero-order valence-corrected chi connectivity index (χ0v) is 19.7. The number of unbranched alkanes of at least 4 members (excludes halogenated alkanes) is 4. The second-order valence-electron chi connectivity index (χ2n) is 7.88. The van der Waals surface area contributed by atoms with Gasteiger partial charge in [0.2, 0.25) is 0 Å². The first-order chi connectivity index (χ1) is 12.7. The average Bonchev–Trinajstić information content (AvgIpc) is 2.61. The Morgan fingerprint density at radius 2 is 1.22 bits per heavy atom. The van der Waals surface area contributed by atoms with Crippen LogP contribution in [0.15, 0.2) is 0 Å². The molecule has 0 heterocycles. The summed E-state index contributed by atoms with van der Waals surface area (Å²) < 4.78 is 17.4. The Hall–Kier alpha value is 0.01000. The molecule has 0 aromatic carbocycles. The molecule has 0 radical (unpaired) electrons. The molecule has 0 fully saturated rings. The van der Waals surface area contributed by atoms with Crippen LogP contribution in [0.3, 0.4) is 0 Å². The van der Waals surface area contributed by atoms with Gasteiger partial charge in [0, 0.05) is 0 Å². The number of hydrogen-bond donors (Lipinski definition) is 3. The molecular formula is C19H43NO5P2. The summed E-state index contributed by atoms with van der Waals surface area (Å²) in [6.07, 6.45) is 12.1. The van der Waals surface area contributed by atoms with Gasteiger partial charge >= 0.3 is 166 Å². The van der Waals surface area contributed by atoms with Crippen molar-refractivity contribution in [2.45, 2.75) is 79.1 Å². The van der Waals surface area contributed by atoms with Gasteiger partial charge in [0.15, 0.2) is 0 Å². The van der Waals surface area contributed by atoms with E-state index in [0.29, 0.717) is 0 Å². The summed E-state index contributed by atoms with van der Waals surface area (Å²) >= 11 is 0. The van der Waals surface area contributed by atoms with Crippen molar-refractivity contribution in [3.63, 3.8) is 0 Å². The summed E-state index contributed by atoms with van der Waals surface area (Å²) in [5.74, 6) is -0.347. The Morgan fingerprint density at radius 3 is 1.52 bits per heavy atom. The van der Waals surface area contributed by atoms with Crippen LogP contribution in [0.4, 0.5) is 0 Å². The van der Waals surface area contributed by atoms with Crippen molar-refractivity contribution in [1.29, 1.82) is 0 Å². The summed E-state index contributed by atoms with van der Waals surface area (Å²) in [5.41, 5.74) is 0. The molecule has 6 nitrogen and oxygen atoms in total. The van der Waals surface area contributed by atoms with Gasteiger partial charge in [-0.05, 0) is 0 Å². The molecule has 0 atom stereocenters. The molecule has 0 spiro atoms. The van der Waals surface area contributed by atoms with Crippen LogP contribution < -0.4 is 5.32 Å². The molecule has 0 amide bonds. The van der Waals surface area contributed by atoms with Gasteiger partial charge in [0.05, 0.1) is 0 Å². The van der Waals surface area contributed by atoms with Crippen molar-refractivity contribution in [1.82, 2.24) is 5.32 Å². The van der Waals surface area contributed by atoms with Gasteiger partial charge in [-0.2, -0.15) is 0 Å². The number of hydrogen-bond acceptors (Lipinski definition) is 4. The van der Waals surface area contributed by atoms with E-state index in [9.17, 15) is 9.36 Å². The topological polar surface area (TPSA) is 95.9 Å². The van der Waals surface area contributed by atoms with Crippen molar-refractivity contribution in [3.05, 3.63) is 0 Å². The molecular weight excluding hydrogens is 384 g/mol. The van der Waals surface area contributed by atoms with Crippen LogP contribution in [0.5, 0.6) is 0 Å². The van der Waals surface area contributed by atoms with Gasteiger partial charge < -0.3 is 0 Å². The SMILES string of the molecule is CCCCP(CCCC)(CCCC)(CCCC)OC(=O)CNCP(=O)(O)O. The molecule has 0 rings (SSSR count). The standard InChI is InChI=1S/C19H43NO5P2/c1-5-9-13-27(14-10-6-2,15-11-7-3,16-12-8-4)25-19(21)17-20-18-26(22,23)24/h20H,5-18H2,1-4H3,(H2,22,23,24). The number of carbonyl (C=O) groups is 1. The fourth-order valence-electron chi connectivity index (χ4n) is 3.71. The molecule has 0 saturated carbocycles. The van der Waals surface area contributed by atoms with E-state index in [4.69, 9.17) is 14.3 Å². The Bertz CT molecular complexity index is 424. The second-order valence-corrected chi connectivity index (χ2v) is 15.2. The molecule has 27 heavy (non-hydrogen) atoms. The van der Waals surface area contributed by atoms with Crippen LogP contribution in [0.25, 0.3) is 0 Å². The van der Waals surface area contributed by atoms with Gasteiger partial charge in [-0.15, -0.1) is 0 Å². The third-order valence-corrected chi connectivity index (χ3v) is 12.4. The fourth-order valence-corrected chi connectivity index (χ4v) is 10.9. The van der Waals surface area contributed by atoms with Crippen LogP contribution >= 0.6 is 14.4 Å². The maximum atomic E-state index is 12.7. The van der Waals surface area contributed by atoms with Crippen LogP contribution in [0.2, 0.25) is 0 Å². The predicted octanol–water partition coefficient (Wildman–Crippen LogP) is 4.92. The molecule has 0 aliphatic carbocycles. The Balaban J connectivity index is 5.55. The minimum absolute atomic E-state index is 0.139. The van der Waals surface area contributed by atoms with Gasteiger partial charge in [-0.25, -0.2) is 0 Å². The maximum absolute atomic E-state index is 12.7. The summed E-state index contributed by atoms with van der Waals surface area (Å²) in [6.45, 7) is 5.89. The molecule has 0 aliphatic rings. The first-order valence-electron chi connectivity index (χ1n) is 10.6. The van der Waals surface area contributed by atoms with Crippen molar-refractivity contribution < 1.29 is 23.7 Å². The third-order valence-electron chi connectivity index (χ3n) is 5.26. The quantitative estimate of drug-likeness (QED) is 0.285. The molecule has 3 N–H and O–H groups in total. The van der Waals surface area contributed by atoms with E-state index >= 15 is 0 Å². The van der Waals surface area contributed by atoms with Gasteiger partial charge in [-0.1, -0.05) is 0 Å². The molecule has 0 unspecified atom stereocenters. The Labute approximate surface area is 166 Å². The van der Waals surface area contributed by atoms with E-state index in [1.54, 1.807) is 0 Å². The van der Waals surface area contributed by atoms with Crippen molar-refractivity contribution in [2.75, 3.05) is 37.5 Å². The van der Waals surface area contributed by atoms with E-state index in [1.807, 2.05) is 0 Å². The normalized spacial score (nSPS) is 13.9. The molecule has 0 aromatic rings. The molecule has 0 aliphatic heterocycles. The number of carbonyl (C=O) groups excluding carboxylic acids is 1. The summed E-state index contributed by atoms with van der Waals surface area (Å²) in [7, 11) is -4.17. The summed E-state index contributed by atoms with van der Waals surface area (Å²) in [4.78, 5) is 30.7. The first-order valence-corrected chi connectivity index (χ1v) is 15.3. The van der Waals surface area contributed by atoms with Gasteiger partial charge in [-0.3, -0.25) is 0 Å². The zero-order chi connectivity index (χ0) is 20.8. The minimum atomic E-state index is -4.17. The first kappa shape index (κ1) is 27.0. The zero-order valence-electron chi connectivity index (χ0n) is 17.9. The second kappa shape index (κ2) is 13.3. The predicted molar refractivity (Wildman–Crippen MR) is 117 cm³/mol. The molecule has 8 heteroatoms. The number of rotatable bonds is 17. The summed E-state index contributed by atoms with van der Waals surface area (Å²) in [6, 6.07) is 0. The van der Waals surface area contributed by atoms with Crippen molar-refractivity contribution in [2.24, 2.45) is 0 Å². The average molecular weight is 428 g/mol. The van der Waals surface area contributed by atoms with E-state index in [-0.39, 0.29) is 12.5 Å². The van der Waals surface area contributed by atoms with E-state index < -0.39 is 20.7 Å². The van der Waals surface area contributed by atoms with Gasteiger partial charge in [0.1, 0.15) is 0 Å². The number of nitrogens with one attached hydrogen (secondary N) is 1. The van der Waals surface area contributed by atoms with Crippen LogP contribution in [-0.2, 0) is 13.9 Å². The van der Waals surface area contributed by atoms with Gasteiger partial charge in [0.25, 0.3) is 0 Å². The monoisotopic (exact) mass is 427 g/mol. The van der Waals surface area contributed by atoms with Crippen LogP contribution in [0.1, 0.15) is 79.1 Å². The fraction of sp³-hybridized carbons (Fsp3) is 0.947. The Morgan fingerprint density at radius 1 is 0.852 bits per heavy atom. The van der Waals surface area contributed by atoms with E-state index in [2.05, 4.69) is 33.0 Å². The van der Waals surface area contributed by atoms with Crippen LogP contribution in [-0.4, -0.2) is 53.2 Å². The molecule has 164 valence electrons. The third kappa shape index (κ3) is 10.9. The van der Waals surface area contributed by atoms with E-state index in [0.717, 1.165) is 76.0 Å². The Kier molecular flexibility index (Phi) is 13.3. The molecule has 0 aromatic heterocycles. The van der Waals surface area contributed by atoms with Crippen molar-refractivity contribution >= 4 is 20.4 Å².